The third-order valence-corrected chi connectivity index (χ3v) is 5.79. The summed E-state index contributed by atoms with van der Waals surface area (Å²) < 4.78 is 0. The van der Waals surface area contributed by atoms with Gasteiger partial charge in [-0.3, -0.25) is 4.79 Å². The summed E-state index contributed by atoms with van der Waals surface area (Å²) in [4.78, 5) is 35.9. The summed E-state index contributed by atoms with van der Waals surface area (Å²) in [6.07, 6.45) is 5.99. The minimum absolute atomic E-state index is 0.302. The second kappa shape index (κ2) is 8.90. The van der Waals surface area contributed by atoms with Gasteiger partial charge in [0.05, 0.1) is 6.61 Å². The molecule has 1 fully saturated rings. The summed E-state index contributed by atoms with van der Waals surface area (Å²) in [6, 6.07) is 10.5. The van der Waals surface area contributed by atoms with Crippen LogP contribution in [0.15, 0.2) is 42.5 Å². The van der Waals surface area contributed by atoms with Crippen molar-refractivity contribution < 1.29 is 24.5 Å². The lowest BCUT2D eigenvalue weighted by Crippen LogP contribution is -2.47. The van der Waals surface area contributed by atoms with Crippen LogP contribution >= 0.6 is 11.6 Å². The summed E-state index contributed by atoms with van der Waals surface area (Å²) >= 11 is 6.51. The third kappa shape index (κ3) is 4.20. The molecule has 30 heavy (non-hydrogen) atoms. The molecule has 2 aromatic rings. The van der Waals surface area contributed by atoms with Crippen molar-refractivity contribution in [3.8, 4) is 16.9 Å². The number of aliphatic carboxylic acids is 1. The van der Waals surface area contributed by atoms with Crippen molar-refractivity contribution >= 4 is 29.6 Å². The topological polar surface area (TPSA) is 76.1 Å². The summed E-state index contributed by atoms with van der Waals surface area (Å²) in [6.45, 7) is 0.941. The highest BCUT2D eigenvalue weighted by molar-refractivity contribution is 6.33. The molecular formula is C23H22ClNO5. The van der Waals surface area contributed by atoms with Crippen LogP contribution in [0.3, 0.4) is 0 Å². The molecule has 1 N–H and O–H groups in total. The smallest absolute Gasteiger partial charge is 0.326 e. The van der Waals surface area contributed by atoms with Crippen molar-refractivity contribution in [3.63, 3.8) is 0 Å². The van der Waals surface area contributed by atoms with Crippen LogP contribution in [-0.4, -0.2) is 41.1 Å². The van der Waals surface area contributed by atoms with Gasteiger partial charge in [0.25, 0.3) is 0 Å². The molecule has 0 radical (unpaired) electrons. The average molecular weight is 428 g/mol. The van der Waals surface area contributed by atoms with Gasteiger partial charge >= 0.3 is 5.97 Å². The molecule has 1 amide bonds. The SMILES string of the molecule is O=C(O)C1CCCCN1C(=O)/C=C/c1cccc(Cl)c1-c1ccc2c(c1)CCOO2. The largest absolute Gasteiger partial charge is 0.480 e. The third-order valence-electron chi connectivity index (χ3n) is 5.47. The minimum Gasteiger partial charge on any atom is -0.480 e. The van der Waals surface area contributed by atoms with Crippen molar-refractivity contribution in [1.82, 2.24) is 4.90 Å². The van der Waals surface area contributed by atoms with Crippen LogP contribution < -0.4 is 4.89 Å². The number of carboxylic acid groups (broad SMARTS) is 1. The molecule has 156 valence electrons. The number of nitrogens with zero attached hydrogens (tertiary/aromatic N) is 1. The van der Waals surface area contributed by atoms with Gasteiger partial charge in [0.1, 0.15) is 6.04 Å². The molecule has 6 nitrogen and oxygen atoms in total. The van der Waals surface area contributed by atoms with Crippen molar-refractivity contribution in [3.05, 3.63) is 58.6 Å². The number of halogens is 1. The molecule has 2 aliphatic rings. The molecule has 0 aromatic heterocycles. The van der Waals surface area contributed by atoms with Gasteiger partial charge < -0.3 is 14.9 Å². The molecule has 1 unspecified atom stereocenters. The Balaban J connectivity index is 1.63. The quantitative estimate of drug-likeness (QED) is 0.579. The van der Waals surface area contributed by atoms with E-state index in [1.54, 1.807) is 12.1 Å². The highest BCUT2D eigenvalue weighted by atomic mass is 35.5. The van der Waals surface area contributed by atoms with Crippen LogP contribution in [0.25, 0.3) is 17.2 Å². The van der Waals surface area contributed by atoms with E-state index in [9.17, 15) is 14.7 Å². The van der Waals surface area contributed by atoms with E-state index < -0.39 is 12.0 Å². The zero-order chi connectivity index (χ0) is 21.1. The number of hydrogen-bond acceptors (Lipinski definition) is 4. The van der Waals surface area contributed by atoms with E-state index >= 15 is 0 Å². The van der Waals surface area contributed by atoms with Gasteiger partial charge in [-0.15, -0.1) is 0 Å². The highest BCUT2D eigenvalue weighted by Gasteiger charge is 2.30. The van der Waals surface area contributed by atoms with E-state index in [0.717, 1.165) is 41.5 Å². The fourth-order valence-corrected chi connectivity index (χ4v) is 4.25. The lowest BCUT2D eigenvalue weighted by molar-refractivity contribution is -0.215. The van der Waals surface area contributed by atoms with Crippen LogP contribution in [0.4, 0.5) is 0 Å². The molecule has 2 aromatic carbocycles. The number of amides is 1. The number of carboxylic acids is 1. The number of benzene rings is 2. The van der Waals surface area contributed by atoms with Crippen LogP contribution in [0.1, 0.15) is 30.4 Å². The number of hydrogen-bond donors (Lipinski definition) is 1. The number of carbonyl (C=O) groups excluding carboxylic acids is 1. The van der Waals surface area contributed by atoms with Crippen LogP contribution in [-0.2, 0) is 20.9 Å². The molecule has 0 aliphatic carbocycles. The molecule has 1 saturated heterocycles. The fourth-order valence-electron chi connectivity index (χ4n) is 3.96. The summed E-state index contributed by atoms with van der Waals surface area (Å²) in [5, 5.41) is 9.98. The lowest BCUT2D eigenvalue weighted by atomic mass is 9.96. The lowest BCUT2D eigenvalue weighted by Gasteiger charge is -2.32. The Morgan fingerprint density at radius 2 is 2.07 bits per heavy atom. The zero-order valence-electron chi connectivity index (χ0n) is 16.3. The second-order valence-electron chi connectivity index (χ2n) is 7.40. The molecule has 0 spiro atoms. The molecule has 0 saturated carbocycles. The average Bonchev–Trinajstić information content (AvgIpc) is 2.77. The number of fused-ring (bicyclic) bond motifs is 1. The molecular weight excluding hydrogens is 406 g/mol. The Hall–Kier alpha value is -2.83. The molecule has 1 atom stereocenters. The first-order chi connectivity index (χ1) is 14.5. The number of carbonyl (C=O) groups is 2. The van der Waals surface area contributed by atoms with Gasteiger partial charge in [-0.05, 0) is 54.7 Å². The maximum atomic E-state index is 12.7. The van der Waals surface area contributed by atoms with E-state index in [4.69, 9.17) is 21.4 Å². The van der Waals surface area contributed by atoms with Crippen LogP contribution in [0.5, 0.6) is 5.75 Å². The normalized spacial score (nSPS) is 18.7. The van der Waals surface area contributed by atoms with Crippen LogP contribution in [0.2, 0.25) is 5.02 Å². The van der Waals surface area contributed by atoms with E-state index in [-0.39, 0.29) is 5.91 Å². The van der Waals surface area contributed by atoms with Gasteiger partial charge in [-0.2, -0.15) is 4.89 Å². The second-order valence-corrected chi connectivity index (χ2v) is 7.80. The standard InChI is InChI=1S/C23H22ClNO5/c24-18-5-3-4-15(8-10-21(26)25-12-2-1-6-19(25)23(27)28)22(18)17-7-9-20-16(14-17)11-13-29-30-20/h3-5,7-10,14,19H,1-2,6,11-13H2,(H,27,28)/b10-8+. The highest BCUT2D eigenvalue weighted by Crippen LogP contribution is 2.36. The minimum atomic E-state index is -0.958. The van der Waals surface area contributed by atoms with Gasteiger partial charge in [0.2, 0.25) is 5.91 Å². The van der Waals surface area contributed by atoms with Crippen molar-refractivity contribution in [2.24, 2.45) is 0 Å². The molecule has 0 bridgehead atoms. The molecule has 7 heteroatoms. The summed E-state index contributed by atoms with van der Waals surface area (Å²) in [5.74, 6) is -0.571. The number of piperidine rings is 1. The predicted molar refractivity (Wildman–Crippen MR) is 113 cm³/mol. The Morgan fingerprint density at radius 3 is 2.90 bits per heavy atom. The zero-order valence-corrected chi connectivity index (χ0v) is 17.1. The van der Waals surface area contributed by atoms with Gasteiger partial charge in [-0.1, -0.05) is 29.8 Å². The van der Waals surface area contributed by atoms with E-state index in [0.29, 0.717) is 30.3 Å². The number of rotatable bonds is 4. The van der Waals surface area contributed by atoms with Gasteiger partial charge in [-0.25, -0.2) is 4.79 Å². The van der Waals surface area contributed by atoms with E-state index in [2.05, 4.69) is 0 Å². The monoisotopic (exact) mass is 427 g/mol. The Kier molecular flexibility index (Phi) is 6.06. The van der Waals surface area contributed by atoms with Crippen LogP contribution in [0, 0.1) is 0 Å². The van der Waals surface area contributed by atoms with Gasteiger partial charge in [0, 0.05) is 35.2 Å². The Bertz CT molecular complexity index is 1000. The van der Waals surface area contributed by atoms with E-state index in [1.807, 2.05) is 30.3 Å². The van der Waals surface area contributed by atoms with Gasteiger partial charge in [0.15, 0.2) is 5.75 Å². The fraction of sp³-hybridized carbons (Fsp3) is 0.304. The molecule has 2 heterocycles. The summed E-state index contributed by atoms with van der Waals surface area (Å²) in [7, 11) is 0. The first-order valence-corrected chi connectivity index (χ1v) is 10.3. The maximum absolute atomic E-state index is 12.7. The number of likely N-dealkylation sites (tertiary alicyclic amines) is 1. The van der Waals surface area contributed by atoms with Crippen molar-refractivity contribution in [2.75, 3.05) is 13.2 Å². The Morgan fingerprint density at radius 1 is 1.20 bits per heavy atom. The summed E-state index contributed by atoms with van der Waals surface area (Å²) in [5.41, 5.74) is 3.54. The Labute approximate surface area is 179 Å². The predicted octanol–water partition coefficient (Wildman–Crippen LogP) is 4.35. The first kappa shape index (κ1) is 20.4. The maximum Gasteiger partial charge on any atom is 0.326 e. The van der Waals surface area contributed by atoms with E-state index in [1.165, 1.54) is 11.0 Å². The van der Waals surface area contributed by atoms with Crippen molar-refractivity contribution in [2.45, 2.75) is 31.7 Å². The van der Waals surface area contributed by atoms with Crippen molar-refractivity contribution in [1.29, 1.82) is 0 Å². The molecule has 2 aliphatic heterocycles. The molecule has 4 rings (SSSR count). The first-order valence-electron chi connectivity index (χ1n) is 9.97.